The molecule has 3 rings (SSSR count). The first-order valence-electron chi connectivity index (χ1n) is 8.61. The number of nitrogens with one attached hydrogen (secondary N) is 1. The molecule has 1 aliphatic rings. The molecule has 1 aliphatic heterocycles. The van der Waals surface area contributed by atoms with Gasteiger partial charge in [-0.2, -0.15) is 5.10 Å². The van der Waals surface area contributed by atoms with Crippen LogP contribution in [0.15, 0.2) is 39.9 Å². The summed E-state index contributed by atoms with van der Waals surface area (Å²) in [7, 11) is 0. The Morgan fingerprint density at radius 1 is 1.27 bits per heavy atom. The van der Waals surface area contributed by atoms with Gasteiger partial charge >= 0.3 is 0 Å². The van der Waals surface area contributed by atoms with Gasteiger partial charge in [0.05, 0.1) is 26.0 Å². The van der Waals surface area contributed by atoms with Crippen molar-refractivity contribution in [2.45, 2.75) is 13.8 Å². The maximum Gasteiger partial charge on any atom is 0.254 e. The molecule has 0 unspecified atom stereocenters. The SMILES string of the molecule is Cc1cc(C=NNC(=O)CN2CCOCC2)c(C)n1-c1ccc(Br)cc1. The second kappa shape index (κ2) is 8.62. The fourth-order valence-corrected chi connectivity index (χ4v) is 3.34. The summed E-state index contributed by atoms with van der Waals surface area (Å²) < 4.78 is 8.50. The van der Waals surface area contributed by atoms with Crippen LogP contribution in [0, 0.1) is 13.8 Å². The molecule has 1 fully saturated rings. The highest BCUT2D eigenvalue weighted by atomic mass is 79.9. The number of ether oxygens (including phenoxy) is 1. The number of nitrogens with zero attached hydrogens (tertiary/aromatic N) is 3. The van der Waals surface area contributed by atoms with Gasteiger partial charge in [-0.25, -0.2) is 5.43 Å². The van der Waals surface area contributed by atoms with Gasteiger partial charge in [0, 0.05) is 40.2 Å². The molecule has 26 heavy (non-hydrogen) atoms. The molecule has 1 aromatic carbocycles. The van der Waals surface area contributed by atoms with E-state index in [4.69, 9.17) is 4.74 Å². The van der Waals surface area contributed by atoms with Crippen molar-refractivity contribution in [1.29, 1.82) is 0 Å². The minimum atomic E-state index is -0.107. The smallest absolute Gasteiger partial charge is 0.254 e. The van der Waals surface area contributed by atoms with Gasteiger partial charge in [-0.3, -0.25) is 9.69 Å². The Hall–Kier alpha value is -1.96. The molecule has 1 aromatic heterocycles. The molecular weight excluding hydrogens is 396 g/mol. The zero-order chi connectivity index (χ0) is 18.5. The minimum Gasteiger partial charge on any atom is -0.379 e. The van der Waals surface area contributed by atoms with Crippen LogP contribution < -0.4 is 5.43 Å². The summed E-state index contributed by atoms with van der Waals surface area (Å²) in [6.07, 6.45) is 1.70. The quantitative estimate of drug-likeness (QED) is 0.599. The molecule has 1 N–H and O–H groups in total. The average Bonchev–Trinajstić information content (AvgIpc) is 2.90. The molecule has 1 amide bonds. The summed E-state index contributed by atoms with van der Waals surface area (Å²) in [6.45, 7) is 7.38. The molecule has 2 aromatic rings. The number of aryl methyl sites for hydroxylation is 1. The number of carbonyl (C=O) groups is 1. The van der Waals surface area contributed by atoms with Gasteiger partial charge in [-0.15, -0.1) is 0 Å². The molecule has 0 radical (unpaired) electrons. The number of hydrogen-bond donors (Lipinski definition) is 1. The van der Waals surface area contributed by atoms with E-state index in [1.807, 2.05) is 19.1 Å². The number of morpholine rings is 1. The van der Waals surface area contributed by atoms with Crippen molar-refractivity contribution in [3.05, 3.63) is 51.8 Å². The number of benzene rings is 1. The topological polar surface area (TPSA) is 58.9 Å². The van der Waals surface area contributed by atoms with Crippen LogP contribution >= 0.6 is 15.9 Å². The van der Waals surface area contributed by atoms with E-state index in [0.29, 0.717) is 19.8 Å². The molecule has 0 saturated carbocycles. The predicted molar refractivity (Wildman–Crippen MR) is 106 cm³/mol. The van der Waals surface area contributed by atoms with Crippen molar-refractivity contribution >= 4 is 28.1 Å². The van der Waals surface area contributed by atoms with E-state index >= 15 is 0 Å². The number of hydrogen-bond acceptors (Lipinski definition) is 4. The molecule has 7 heteroatoms. The minimum absolute atomic E-state index is 0.107. The third-order valence-electron chi connectivity index (χ3n) is 4.42. The summed E-state index contributed by atoms with van der Waals surface area (Å²) in [5.74, 6) is -0.107. The number of amides is 1. The van der Waals surface area contributed by atoms with E-state index in [1.165, 1.54) is 0 Å². The van der Waals surface area contributed by atoms with Gasteiger partial charge in [0.2, 0.25) is 0 Å². The Bertz CT molecular complexity index is 793. The third kappa shape index (κ3) is 4.60. The fraction of sp³-hybridized carbons (Fsp3) is 0.368. The Morgan fingerprint density at radius 2 is 1.96 bits per heavy atom. The van der Waals surface area contributed by atoms with Crippen LogP contribution in [0.1, 0.15) is 17.0 Å². The van der Waals surface area contributed by atoms with E-state index in [2.05, 4.69) is 61.0 Å². The molecular formula is C19H23BrN4O2. The monoisotopic (exact) mass is 418 g/mol. The van der Waals surface area contributed by atoms with Crippen LogP contribution in [-0.2, 0) is 9.53 Å². The molecule has 138 valence electrons. The Labute approximate surface area is 162 Å². The number of halogens is 1. The number of rotatable bonds is 5. The van der Waals surface area contributed by atoms with Crippen LogP contribution in [0.5, 0.6) is 0 Å². The standard InChI is InChI=1S/C19H23BrN4O2/c1-14-11-16(15(2)24(14)18-5-3-17(20)4-6-18)12-21-22-19(25)13-23-7-9-26-10-8-23/h3-6,11-12H,7-10,13H2,1-2H3,(H,22,25). The van der Waals surface area contributed by atoms with Crippen molar-refractivity contribution in [2.75, 3.05) is 32.8 Å². The van der Waals surface area contributed by atoms with Gasteiger partial charge in [-0.05, 0) is 44.2 Å². The molecule has 1 saturated heterocycles. The Balaban J connectivity index is 1.64. The van der Waals surface area contributed by atoms with Crippen LogP contribution in [0.25, 0.3) is 5.69 Å². The number of hydrazone groups is 1. The number of aromatic nitrogens is 1. The van der Waals surface area contributed by atoms with E-state index in [9.17, 15) is 4.79 Å². The van der Waals surface area contributed by atoms with Crippen LogP contribution in [0.4, 0.5) is 0 Å². The van der Waals surface area contributed by atoms with Gasteiger partial charge in [0.25, 0.3) is 5.91 Å². The van der Waals surface area contributed by atoms with Crippen molar-refractivity contribution in [2.24, 2.45) is 5.10 Å². The fourth-order valence-electron chi connectivity index (χ4n) is 3.08. The lowest BCUT2D eigenvalue weighted by atomic mass is 10.2. The van der Waals surface area contributed by atoms with E-state index in [1.54, 1.807) is 6.21 Å². The van der Waals surface area contributed by atoms with Gasteiger partial charge < -0.3 is 9.30 Å². The molecule has 0 aliphatic carbocycles. The first-order valence-corrected chi connectivity index (χ1v) is 9.41. The molecule has 6 nitrogen and oxygen atoms in total. The van der Waals surface area contributed by atoms with Gasteiger partial charge in [0.1, 0.15) is 0 Å². The maximum absolute atomic E-state index is 12.0. The lowest BCUT2D eigenvalue weighted by molar-refractivity contribution is -0.123. The molecule has 0 spiro atoms. The lowest BCUT2D eigenvalue weighted by Crippen LogP contribution is -2.42. The third-order valence-corrected chi connectivity index (χ3v) is 4.95. The highest BCUT2D eigenvalue weighted by Crippen LogP contribution is 2.21. The van der Waals surface area contributed by atoms with Crippen LogP contribution in [0.2, 0.25) is 0 Å². The first-order chi connectivity index (χ1) is 12.5. The largest absolute Gasteiger partial charge is 0.379 e. The summed E-state index contributed by atoms with van der Waals surface area (Å²) >= 11 is 3.46. The lowest BCUT2D eigenvalue weighted by Gasteiger charge is -2.25. The summed E-state index contributed by atoms with van der Waals surface area (Å²) in [5.41, 5.74) is 6.89. The predicted octanol–water partition coefficient (Wildman–Crippen LogP) is 2.64. The van der Waals surface area contributed by atoms with Gasteiger partial charge in [-0.1, -0.05) is 15.9 Å². The summed E-state index contributed by atoms with van der Waals surface area (Å²) in [4.78, 5) is 14.1. The highest BCUT2D eigenvalue weighted by Gasteiger charge is 2.14. The Kier molecular flexibility index (Phi) is 6.24. The van der Waals surface area contributed by atoms with Crippen molar-refractivity contribution in [3.63, 3.8) is 0 Å². The average molecular weight is 419 g/mol. The molecule has 2 heterocycles. The summed E-state index contributed by atoms with van der Waals surface area (Å²) in [6, 6.07) is 10.2. The zero-order valence-corrected chi connectivity index (χ0v) is 16.6. The van der Waals surface area contributed by atoms with Crippen LogP contribution in [0.3, 0.4) is 0 Å². The highest BCUT2D eigenvalue weighted by molar-refractivity contribution is 9.10. The second-order valence-electron chi connectivity index (χ2n) is 6.32. The maximum atomic E-state index is 12.0. The zero-order valence-electron chi connectivity index (χ0n) is 15.0. The van der Waals surface area contributed by atoms with Crippen molar-refractivity contribution < 1.29 is 9.53 Å². The molecule has 0 atom stereocenters. The van der Waals surface area contributed by atoms with Gasteiger partial charge in [0.15, 0.2) is 0 Å². The number of carbonyl (C=O) groups excluding carboxylic acids is 1. The van der Waals surface area contributed by atoms with E-state index in [-0.39, 0.29) is 5.91 Å². The first kappa shape index (κ1) is 18.8. The van der Waals surface area contributed by atoms with E-state index in [0.717, 1.165) is 40.2 Å². The second-order valence-corrected chi connectivity index (χ2v) is 7.24. The van der Waals surface area contributed by atoms with Crippen molar-refractivity contribution in [3.8, 4) is 5.69 Å². The normalized spacial score (nSPS) is 15.5. The van der Waals surface area contributed by atoms with Crippen LogP contribution in [-0.4, -0.2) is 54.4 Å². The van der Waals surface area contributed by atoms with Crippen molar-refractivity contribution in [1.82, 2.24) is 14.9 Å². The van der Waals surface area contributed by atoms with E-state index < -0.39 is 0 Å². The Morgan fingerprint density at radius 3 is 2.65 bits per heavy atom. The molecule has 0 bridgehead atoms. The summed E-state index contributed by atoms with van der Waals surface area (Å²) in [5, 5.41) is 4.13.